The second-order valence-corrected chi connectivity index (χ2v) is 5.23. The number of nitrogens with zero attached hydrogens (tertiary/aromatic N) is 1. The molecule has 112 valence electrons. The number of carbonyl (C=O) groups is 1. The lowest BCUT2D eigenvalue weighted by Crippen LogP contribution is -2.39. The minimum atomic E-state index is -0.421. The number of hydrogen-bond donors (Lipinski definition) is 1. The highest BCUT2D eigenvalue weighted by atomic mass is 16.5. The Morgan fingerprint density at radius 1 is 1.35 bits per heavy atom. The number of rotatable bonds is 8. The fraction of sp³-hybridized carbons (Fsp3) is 0.562. The maximum atomic E-state index is 12.1. The summed E-state index contributed by atoms with van der Waals surface area (Å²) >= 11 is 0. The van der Waals surface area contributed by atoms with Crippen molar-refractivity contribution in [3.05, 3.63) is 29.8 Å². The van der Waals surface area contributed by atoms with Crippen LogP contribution in [0.4, 0.5) is 0 Å². The third kappa shape index (κ3) is 5.61. The molecule has 1 N–H and O–H groups in total. The first-order chi connectivity index (χ1) is 9.54. The Balaban J connectivity index is 2.45. The number of para-hydroxylation sites is 1. The Morgan fingerprint density at radius 3 is 2.65 bits per heavy atom. The molecule has 0 radical (unpaired) electrons. The summed E-state index contributed by atoms with van der Waals surface area (Å²) in [5.74, 6) is 0.748. The predicted octanol–water partition coefficient (Wildman–Crippen LogP) is 2.22. The van der Waals surface area contributed by atoms with Crippen LogP contribution in [0.5, 0.6) is 5.75 Å². The van der Waals surface area contributed by atoms with Gasteiger partial charge in [-0.2, -0.15) is 0 Å². The largest absolute Gasteiger partial charge is 0.480 e. The monoisotopic (exact) mass is 278 g/mol. The molecule has 0 aromatic heterocycles. The van der Waals surface area contributed by atoms with E-state index in [1.807, 2.05) is 52.2 Å². The van der Waals surface area contributed by atoms with Crippen molar-refractivity contribution in [1.29, 1.82) is 0 Å². The number of nitrogens with one attached hydrogen (secondary N) is 1. The molecular formula is C16H26N2O2. The van der Waals surface area contributed by atoms with E-state index < -0.39 is 6.10 Å². The Hall–Kier alpha value is -1.55. The molecule has 1 aromatic rings. The molecule has 0 bridgehead atoms. The summed E-state index contributed by atoms with van der Waals surface area (Å²) in [7, 11) is 4.05. The van der Waals surface area contributed by atoms with Crippen LogP contribution in [0.2, 0.25) is 0 Å². The van der Waals surface area contributed by atoms with Crippen LogP contribution in [0.1, 0.15) is 25.3 Å². The average Bonchev–Trinajstić information content (AvgIpc) is 2.42. The van der Waals surface area contributed by atoms with E-state index in [1.165, 1.54) is 0 Å². The van der Waals surface area contributed by atoms with E-state index in [9.17, 15) is 4.79 Å². The number of carbonyl (C=O) groups excluding carboxylic acids is 1. The maximum absolute atomic E-state index is 12.1. The zero-order valence-corrected chi connectivity index (χ0v) is 13.0. The number of aryl methyl sites for hydroxylation is 1. The minimum absolute atomic E-state index is 0.0329. The molecular weight excluding hydrogens is 252 g/mol. The molecule has 4 nitrogen and oxygen atoms in total. The van der Waals surface area contributed by atoms with Gasteiger partial charge in [0.05, 0.1) is 0 Å². The molecule has 0 aliphatic heterocycles. The molecule has 1 rings (SSSR count). The molecule has 0 spiro atoms. The molecule has 0 fully saturated rings. The van der Waals surface area contributed by atoms with Crippen molar-refractivity contribution in [2.45, 2.75) is 32.8 Å². The van der Waals surface area contributed by atoms with Crippen molar-refractivity contribution in [3.63, 3.8) is 0 Å². The summed E-state index contributed by atoms with van der Waals surface area (Å²) in [6, 6.07) is 7.77. The highest BCUT2D eigenvalue weighted by Crippen LogP contribution is 2.18. The van der Waals surface area contributed by atoms with Crippen molar-refractivity contribution in [2.24, 2.45) is 0 Å². The van der Waals surface area contributed by atoms with E-state index in [0.29, 0.717) is 13.0 Å². The smallest absolute Gasteiger partial charge is 0.261 e. The summed E-state index contributed by atoms with van der Waals surface area (Å²) in [4.78, 5) is 14.2. The summed E-state index contributed by atoms with van der Waals surface area (Å²) in [5.41, 5.74) is 1.05. The fourth-order valence-electron chi connectivity index (χ4n) is 1.88. The normalized spacial score (nSPS) is 12.2. The van der Waals surface area contributed by atoms with Gasteiger partial charge in [-0.1, -0.05) is 25.1 Å². The average molecular weight is 278 g/mol. The highest BCUT2D eigenvalue weighted by Gasteiger charge is 2.18. The van der Waals surface area contributed by atoms with E-state index in [-0.39, 0.29) is 5.91 Å². The number of benzene rings is 1. The number of amides is 1. The van der Waals surface area contributed by atoms with Gasteiger partial charge >= 0.3 is 0 Å². The molecule has 4 heteroatoms. The quantitative estimate of drug-likeness (QED) is 0.741. The van der Waals surface area contributed by atoms with Crippen LogP contribution in [0.3, 0.4) is 0 Å². The van der Waals surface area contributed by atoms with Gasteiger partial charge in [0.1, 0.15) is 5.75 Å². The summed E-state index contributed by atoms with van der Waals surface area (Å²) < 4.78 is 5.81. The minimum Gasteiger partial charge on any atom is -0.480 e. The zero-order chi connectivity index (χ0) is 15.0. The van der Waals surface area contributed by atoms with E-state index in [4.69, 9.17) is 4.74 Å². The first-order valence-corrected chi connectivity index (χ1v) is 7.19. The first kappa shape index (κ1) is 16.5. The number of ether oxygens (including phenoxy) is 1. The zero-order valence-electron chi connectivity index (χ0n) is 13.0. The topological polar surface area (TPSA) is 41.6 Å². The highest BCUT2D eigenvalue weighted by molar-refractivity contribution is 5.81. The SMILES string of the molecule is CC[C@@H](Oc1ccccc1C)C(=O)NCCCN(C)C. The van der Waals surface area contributed by atoms with Gasteiger partial charge in [-0.25, -0.2) is 0 Å². The maximum Gasteiger partial charge on any atom is 0.261 e. The Bertz CT molecular complexity index is 419. The van der Waals surface area contributed by atoms with Crippen molar-refractivity contribution in [1.82, 2.24) is 10.2 Å². The molecule has 20 heavy (non-hydrogen) atoms. The molecule has 0 heterocycles. The second kappa shape index (κ2) is 8.59. The van der Waals surface area contributed by atoms with Crippen LogP contribution in [-0.4, -0.2) is 44.1 Å². The van der Waals surface area contributed by atoms with Crippen molar-refractivity contribution >= 4 is 5.91 Å². The van der Waals surface area contributed by atoms with Crippen LogP contribution >= 0.6 is 0 Å². The van der Waals surface area contributed by atoms with Gasteiger partial charge in [0.2, 0.25) is 0 Å². The van der Waals surface area contributed by atoms with Crippen LogP contribution in [0.25, 0.3) is 0 Å². The van der Waals surface area contributed by atoms with Crippen LogP contribution in [0, 0.1) is 6.92 Å². The van der Waals surface area contributed by atoms with Gasteiger partial charge < -0.3 is 15.0 Å². The van der Waals surface area contributed by atoms with Gasteiger partial charge in [0.25, 0.3) is 5.91 Å². The van der Waals surface area contributed by atoms with Crippen molar-refractivity contribution < 1.29 is 9.53 Å². The molecule has 0 unspecified atom stereocenters. The third-order valence-electron chi connectivity index (χ3n) is 3.11. The lowest BCUT2D eigenvalue weighted by atomic mass is 10.2. The fourth-order valence-corrected chi connectivity index (χ4v) is 1.88. The van der Waals surface area contributed by atoms with Crippen molar-refractivity contribution in [2.75, 3.05) is 27.2 Å². The van der Waals surface area contributed by atoms with Gasteiger partial charge in [0.15, 0.2) is 6.10 Å². The summed E-state index contributed by atoms with van der Waals surface area (Å²) in [6.07, 6.45) is 1.18. The summed E-state index contributed by atoms with van der Waals surface area (Å²) in [5, 5.41) is 2.94. The standard InChI is InChI=1S/C16H26N2O2/c1-5-14(16(19)17-11-8-12-18(3)4)20-15-10-7-6-9-13(15)2/h6-7,9-10,14H,5,8,11-12H2,1-4H3,(H,17,19)/t14-/m1/s1. The molecule has 1 amide bonds. The Morgan fingerprint density at radius 2 is 2.05 bits per heavy atom. The molecule has 1 aromatic carbocycles. The lowest BCUT2D eigenvalue weighted by molar-refractivity contribution is -0.128. The molecule has 0 aliphatic carbocycles. The van der Waals surface area contributed by atoms with Gasteiger partial charge in [-0.05, 0) is 52.0 Å². The van der Waals surface area contributed by atoms with Crippen molar-refractivity contribution in [3.8, 4) is 5.75 Å². The Kier molecular flexibility index (Phi) is 7.09. The molecule has 0 aliphatic rings. The second-order valence-electron chi connectivity index (χ2n) is 5.23. The van der Waals surface area contributed by atoms with Gasteiger partial charge in [0, 0.05) is 6.54 Å². The van der Waals surface area contributed by atoms with Gasteiger partial charge in [-0.15, -0.1) is 0 Å². The van der Waals surface area contributed by atoms with Crippen LogP contribution in [-0.2, 0) is 4.79 Å². The first-order valence-electron chi connectivity index (χ1n) is 7.19. The molecule has 0 saturated carbocycles. The van der Waals surface area contributed by atoms with Gasteiger partial charge in [-0.3, -0.25) is 4.79 Å². The predicted molar refractivity (Wildman–Crippen MR) is 82.1 cm³/mol. The van der Waals surface area contributed by atoms with E-state index >= 15 is 0 Å². The van der Waals surface area contributed by atoms with Crippen LogP contribution in [0.15, 0.2) is 24.3 Å². The third-order valence-corrected chi connectivity index (χ3v) is 3.11. The van der Waals surface area contributed by atoms with E-state index in [1.54, 1.807) is 0 Å². The van der Waals surface area contributed by atoms with Crippen LogP contribution < -0.4 is 10.1 Å². The lowest BCUT2D eigenvalue weighted by Gasteiger charge is -2.19. The number of hydrogen-bond acceptors (Lipinski definition) is 3. The molecule has 0 saturated heterocycles. The molecule has 1 atom stereocenters. The Labute approximate surface area is 122 Å². The van der Waals surface area contributed by atoms with E-state index in [2.05, 4.69) is 10.2 Å². The van der Waals surface area contributed by atoms with E-state index in [0.717, 1.165) is 24.3 Å². The summed E-state index contributed by atoms with van der Waals surface area (Å²) in [6.45, 7) is 5.60.